The molecule has 0 spiro atoms. The number of ether oxygens (including phenoxy) is 5. The highest BCUT2D eigenvalue weighted by molar-refractivity contribution is 6.15. The van der Waals surface area contributed by atoms with E-state index >= 15 is 0 Å². The quantitative estimate of drug-likeness (QED) is 0.591. The van der Waals surface area contributed by atoms with Crippen molar-refractivity contribution >= 4 is 17.8 Å². The van der Waals surface area contributed by atoms with E-state index in [4.69, 9.17) is 18.9 Å². The summed E-state index contributed by atoms with van der Waals surface area (Å²) in [5.74, 6) is 1.02. The van der Waals surface area contributed by atoms with Crippen LogP contribution in [0.25, 0.3) is 6.08 Å². The van der Waals surface area contributed by atoms with E-state index in [2.05, 4.69) is 4.74 Å². The smallest absolute Gasteiger partial charge is 0.337 e. The van der Waals surface area contributed by atoms with Gasteiger partial charge in [0.25, 0.3) is 0 Å². The monoisotopic (exact) mass is 370 g/mol. The van der Waals surface area contributed by atoms with Crippen LogP contribution in [-0.4, -0.2) is 40.2 Å². The fraction of sp³-hybridized carbons (Fsp3) is 0.200. The lowest BCUT2D eigenvalue weighted by Gasteiger charge is -2.13. The van der Waals surface area contributed by atoms with Gasteiger partial charge in [0.1, 0.15) is 5.75 Å². The fourth-order valence-electron chi connectivity index (χ4n) is 2.77. The van der Waals surface area contributed by atoms with Gasteiger partial charge in [-0.25, -0.2) is 4.79 Å². The van der Waals surface area contributed by atoms with Gasteiger partial charge in [-0.15, -0.1) is 0 Å². The third kappa shape index (κ3) is 3.31. The molecule has 1 heterocycles. The number of carbonyl (C=O) groups excluding carboxylic acids is 2. The van der Waals surface area contributed by atoms with Crippen molar-refractivity contribution in [3.63, 3.8) is 0 Å². The Morgan fingerprint density at radius 3 is 2.19 bits per heavy atom. The Morgan fingerprint density at radius 1 is 0.963 bits per heavy atom. The minimum atomic E-state index is -0.521. The van der Waals surface area contributed by atoms with Crippen LogP contribution in [0.2, 0.25) is 0 Å². The van der Waals surface area contributed by atoms with Gasteiger partial charge in [-0.3, -0.25) is 4.79 Å². The van der Waals surface area contributed by atoms with Crippen LogP contribution in [0.3, 0.4) is 0 Å². The molecule has 0 unspecified atom stereocenters. The van der Waals surface area contributed by atoms with Crippen LogP contribution in [0.5, 0.6) is 23.0 Å². The number of ketones is 1. The summed E-state index contributed by atoms with van der Waals surface area (Å²) in [7, 11) is 5.81. The van der Waals surface area contributed by atoms with Gasteiger partial charge in [-0.1, -0.05) is 0 Å². The predicted molar refractivity (Wildman–Crippen MR) is 96.8 cm³/mol. The molecule has 1 aliphatic heterocycles. The van der Waals surface area contributed by atoms with Crippen LogP contribution < -0.4 is 18.9 Å². The Morgan fingerprint density at radius 2 is 1.63 bits per heavy atom. The maximum absolute atomic E-state index is 12.7. The van der Waals surface area contributed by atoms with Crippen molar-refractivity contribution in [2.45, 2.75) is 0 Å². The molecule has 0 fully saturated rings. The van der Waals surface area contributed by atoms with E-state index in [0.717, 1.165) is 0 Å². The Hall–Kier alpha value is -3.48. The normalized spacial score (nSPS) is 13.8. The topological polar surface area (TPSA) is 80.3 Å². The lowest BCUT2D eigenvalue weighted by molar-refractivity contribution is 0.0600. The molecule has 0 N–H and O–H groups in total. The fourth-order valence-corrected chi connectivity index (χ4v) is 2.77. The van der Waals surface area contributed by atoms with Gasteiger partial charge < -0.3 is 23.7 Å². The van der Waals surface area contributed by atoms with Crippen molar-refractivity contribution in [1.82, 2.24) is 0 Å². The van der Waals surface area contributed by atoms with E-state index in [-0.39, 0.29) is 17.1 Å². The number of esters is 1. The Balaban J connectivity index is 1.99. The van der Waals surface area contributed by atoms with Gasteiger partial charge in [-0.05, 0) is 42.0 Å². The second-order valence-corrected chi connectivity index (χ2v) is 5.60. The van der Waals surface area contributed by atoms with Gasteiger partial charge in [-0.2, -0.15) is 0 Å². The molecule has 3 rings (SSSR count). The SMILES string of the molecule is COC(=O)c1ccc2c(c1)C(=O)/C(=C/c1cc(OC)c(OC)c(OC)c1)O2. The lowest BCUT2D eigenvalue weighted by atomic mass is 10.1. The summed E-state index contributed by atoms with van der Waals surface area (Å²) in [6.45, 7) is 0. The molecule has 0 bridgehead atoms. The standard InChI is InChI=1S/C20H18O7/c1-23-16-8-11(9-17(24-2)19(16)25-3)7-15-18(21)13-10-12(20(22)26-4)5-6-14(13)27-15/h5-10H,1-4H3/b15-7-. The first kappa shape index (κ1) is 18.3. The molecule has 0 saturated heterocycles. The number of fused-ring (bicyclic) bond motifs is 1. The molecule has 0 saturated carbocycles. The summed E-state index contributed by atoms with van der Waals surface area (Å²) in [4.78, 5) is 24.3. The number of methoxy groups -OCH3 is 4. The molecule has 0 aromatic heterocycles. The minimum absolute atomic E-state index is 0.126. The maximum Gasteiger partial charge on any atom is 0.337 e. The summed E-state index contributed by atoms with van der Waals surface area (Å²) >= 11 is 0. The number of Topliss-reactive ketones (excluding diaryl/α,β-unsaturated/α-hetero) is 1. The second-order valence-electron chi connectivity index (χ2n) is 5.60. The van der Waals surface area contributed by atoms with E-state index < -0.39 is 5.97 Å². The number of benzene rings is 2. The zero-order chi connectivity index (χ0) is 19.6. The van der Waals surface area contributed by atoms with E-state index in [1.807, 2.05) is 0 Å². The number of carbonyl (C=O) groups is 2. The van der Waals surface area contributed by atoms with Crippen molar-refractivity contribution in [3.05, 3.63) is 52.8 Å². The summed E-state index contributed by atoms with van der Waals surface area (Å²) in [5.41, 5.74) is 1.22. The van der Waals surface area contributed by atoms with Crippen LogP contribution in [0, 0.1) is 0 Å². The van der Waals surface area contributed by atoms with Crippen LogP contribution in [-0.2, 0) is 4.74 Å². The molecule has 0 atom stereocenters. The van der Waals surface area contributed by atoms with Crippen LogP contribution in [0.1, 0.15) is 26.3 Å². The first-order chi connectivity index (χ1) is 13.0. The van der Waals surface area contributed by atoms with Crippen molar-refractivity contribution in [1.29, 1.82) is 0 Å². The Kier molecular flexibility index (Phi) is 5.03. The summed E-state index contributed by atoms with van der Waals surface area (Å²) in [5, 5.41) is 0. The highest BCUT2D eigenvalue weighted by Crippen LogP contribution is 2.39. The van der Waals surface area contributed by atoms with Crippen molar-refractivity contribution in [3.8, 4) is 23.0 Å². The summed E-state index contributed by atoms with van der Waals surface area (Å²) in [6, 6.07) is 7.97. The second kappa shape index (κ2) is 7.41. The molecule has 0 amide bonds. The third-order valence-electron chi connectivity index (χ3n) is 4.07. The van der Waals surface area contributed by atoms with Crippen LogP contribution >= 0.6 is 0 Å². The average molecular weight is 370 g/mol. The number of hydrogen-bond donors (Lipinski definition) is 0. The summed E-state index contributed by atoms with van der Waals surface area (Å²) < 4.78 is 26.2. The summed E-state index contributed by atoms with van der Waals surface area (Å²) in [6.07, 6.45) is 1.57. The number of hydrogen-bond acceptors (Lipinski definition) is 7. The van der Waals surface area contributed by atoms with Gasteiger partial charge in [0.15, 0.2) is 17.3 Å². The number of rotatable bonds is 5. The molecule has 2 aromatic rings. The molecule has 2 aromatic carbocycles. The first-order valence-corrected chi connectivity index (χ1v) is 7.99. The lowest BCUT2D eigenvalue weighted by Crippen LogP contribution is -2.03. The van der Waals surface area contributed by atoms with Gasteiger partial charge in [0, 0.05) is 0 Å². The molecular weight excluding hydrogens is 352 g/mol. The van der Waals surface area contributed by atoms with Gasteiger partial charge >= 0.3 is 5.97 Å². The molecule has 7 nitrogen and oxygen atoms in total. The first-order valence-electron chi connectivity index (χ1n) is 7.99. The van der Waals surface area contributed by atoms with E-state index in [1.54, 1.807) is 30.3 Å². The van der Waals surface area contributed by atoms with Crippen molar-refractivity contribution in [2.75, 3.05) is 28.4 Å². The molecule has 27 heavy (non-hydrogen) atoms. The maximum atomic E-state index is 12.7. The third-order valence-corrected chi connectivity index (χ3v) is 4.07. The van der Waals surface area contributed by atoms with Crippen LogP contribution in [0.15, 0.2) is 36.1 Å². The van der Waals surface area contributed by atoms with Gasteiger partial charge in [0.05, 0.1) is 39.6 Å². The number of allylic oxidation sites excluding steroid dienone is 1. The van der Waals surface area contributed by atoms with Crippen LogP contribution in [0.4, 0.5) is 0 Å². The minimum Gasteiger partial charge on any atom is -0.493 e. The molecular formula is C20H18O7. The molecule has 140 valence electrons. The van der Waals surface area contributed by atoms with Crippen molar-refractivity contribution in [2.24, 2.45) is 0 Å². The van der Waals surface area contributed by atoms with E-state index in [9.17, 15) is 9.59 Å². The largest absolute Gasteiger partial charge is 0.493 e. The Bertz CT molecular complexity index is 918. The molecule has 7 heteroatoms. The zero-order valence-corrected chi connectivity index (χ0v) is 15.3. The van der Waals surface area contributed by atoms with Gasteiger partial charge in [0.2, 0.25) is 11.5 Å². The predicted octanol–water partition coefficient (Wildman–Crippen LogP) is 3.12. The average Bonchev–Trinajstić information content (AvgIpc) is 3.01. The highest BCUT2D eigenvalue weighted by Gasteiger charge is 2.28. The molecule has 0 aliphatic carbocycles. The zero-order valence-electron chi connectivity index (χ0n) is 15.3. The van der Waals surface area contributed by atoms with Crippen molar-refractivity contribution < 1.29 is 33.3 Å². The van der Waals surface area contributed by atoms with E-state index in [0.29, 0.717) is 34.1 Å². The Labute approximate surface area is 156 Å². The van der Waals surface area contributed by atoms with E-state index in [1.165, 1.54) is 34.5 Å². The highest BCUT2D eigenvalue weighted by atomic mass is 16.5. The molecule has 1 aliphatic rings. The molecule has 0 radical (unpaired) electrons.